The fourth-order valence-corrected chi connectivity index (χ4v) is 3.87. The van der Waals surface area contributed by atoms with E-state index in [0.29, 0.717) is 0 Å². The molecule has 0 aliphatic rings. The molecular formula is C3HIS3. The minimum Gasteiger partial charge on any atom is -0.120 e. The van der Waals surface area contributed by atoms with E-state index in [1.807, 2.05) is 0 Å². The van der Waals surface area contributed by atoms with Gasteiger partial charge in [0.1, 0.15) is 3.14 Å². The summed E-state index contributed by atoms with van der Waals surface area (Å²) >= 11 is 10.4. The molecule has 0 radical (unpaired) electrons. The van der Waals surface area contributed by atoms with Gasteiger partial charge in [0.25, 0.3) is 0 Å². The van der Waals surface area contributed by atoms with Gasteiger partial charge in [-0.1, -0.05) is 12.2 Å². The van der Waals surface area contributed by atoms with Crippen LogP contribution < -0.4 is 0 Å². The van der Waals surface area contributed by atoms with Crippen LogP contribution in [0, 0.1) is 6.02 Å². The molecule has 0 aromatic carbocycles. The Morgan fingerprint density at radius 1 is 1.71 bits per heavy atom. The number of halogens is 1. The SMILES string of the molecule is S=c1scc(I)s1. The maximum atomic E-state index is 4.87. The van der Waals surface area contributed by atoms with Crippen LogP contribution in [0.25, 0.3) is 0 Å². The van der Waals surface area contributed by atoms with Crippen LogP contribution in [0.5, 0.6) is 0 Å². The maximum absolute atomic E-state index is 4.87. The molecule has 1 aromatic heterocycles. The summed E-state index contributed by atoms with van der Waals surface area (Å²) in [5, 5.41) is 2.06. The number of hydrogen-bond acceptors (Lipinski definition) is 3. The van der Waals surface area contributed by atoms with Gasteiger partial charge in [0.2, 0.25) is 0 Å². The first-order valence-electron chi connectivity index (χ1n) is 1.53. The highest BCUT2D eigenvalue weighted by molar-refractivity contribution is 14.1. The highest BCUT2D eigenvalue weighted by Crippen LogP contribution is 2.18. The standard InChI is InChI=1S/C3HIS3/c4-2-1-6-3(5)7-2/h1H. The van der Waals surface area contributed by atoms with Gasteiger partial charge in [-0.05, 0) is 22.6 Å². The minimum atomic E-state index is 1.02. The van der Waals surface area contributed by atoms with Crippen molar-refractivity contribution in [1.82, 2.24) is 0 Å². The van der Waals surface area contributed by atoms with Crippen molar-refractivity contribution in [3.8, 4) is 0 Å². The Kier molecular flexibility index (Phi) is 2.21. The molecular weight excluding hydrogens is 259 g/mol. The highest BCUT2D eigenvalue weighted by Gasteiger charge is 1.84. The van der Waals surface area contributed by atoms with Crippen LogP contribution in [0.15, 0.2) is 5.38 Å². The van der Waals surface area contributed by atoms with Gasteiger partial charge in [0, 0.05) is 5.38 Å². The monoisotopic (exact) mass is 260 g/mol. The minimum absolute atomic E-state index is 1.02. The lowest BCUT2D eigenvalue weighted by Crippen LogP contribution is -1.36. The van der Waals surface area contributed by atoms with Crippen molar-refractivity contribution < 1.29 is 0 Å². The van der Waals surface area contributed by atoms with Crippen molar-refractivity contribution in [2.75, 3.05) is 0 Å². The van der Waals surface area contributed by atoms with E-state index >= 15 is 0 Å². The molecule has 1 heterocycles. The first kappa shape index (κ1) is 6.12. The topological polar surface area (TPSA) is 0 Å². The number of rotatable bonds is 0. The molecule has 0 bridgehead atoms. The Balaban J connectivity index is 3.30. The second-order valence-corrected chi connectivity index (χ2v) is 5.90. The van der Waals surface area contributed by atoms with Crippen molar-refractivity contribution in [1.29, 1.82) is 0 Å². The predicted octanol–water partition coefficient (Wildman–Crippen LogP) is 3.14. The summed E-state index contributed by atoms with van der Waals surface area (Å²) in [7, 11) is 0. The van der Waals surface area contributed by atoms with E-state index in [-0.39, 0.29) is 0 Å². The van der Waals surface area contributed by atoms with Crippen LogP contribution in [-0.2, 0) is 0 Å². The molecule has 1 aromatic rings. The van der Waals surface area contributed by atoms with Crippen LogP contribution in [0.3, 0.4) is 0 Å². The zero-order valence-corrected chi connectivity index (χ0v) is 7.79. The lowest BCUT2D eigenvalue weighted by atomic mass is 11.2. The zero-order chi connectivity index (χ0) is 5.28. The molecule has 0 spiro atoms. The molecule has 0 unspecified atom stereocenters. The Hall–Kier alpha value is 1.00. The second-order valence-electron chi connectivity index (χ2n) is 0.892. The van der Waals surface area contributed by atoms with Crippen molar-refractivity contribution in [3.63, 3.8) is 0 Å². The average molecular weight is 260 g/mol. The summed E-state index contributed by atoms with van der Waals surface area (Å²) in [6.45, 7) is 0. The molecule has 0 aliphatic carbocycles. The zero-order valence-electron chi connectivity index (χ0n) is 3.18. The lowest BCUT2D eigenvalue weighted by Gasteiger charge is -1.61. The lowest BCUT2D eigenvalue weighted by molar-refractivity contribution is 2.20. The molecule has 0 nitrogen and oxygen atoms in total. The van der Waals surface area contributed by atoms with E-state index in [9.17, 15) is 0 Å². The van der Waals surface area contributed by atoms with E-state index in [0.717, 1.165) is 3.14 Å². The van der Waals surface area contributed by atoms with E-state index in [1.54, 1.807) is 22.7 Å². The predicted molar refractivity (Wildman–Crippen MR) is 45.7 cm³/mol. The van der Waals surface area contributed by atoms with Crippen molar-refractivity contribution in [3.05, 3.63) is 11.4 Å². The van der Waals surface area contributed by atoms with Crippen molar-refractivity contribution >= 4 is 57.5 Å². The Morgan fingerprint density at radius 2 is 2.43 bits per heavy atom. The summed E-state index contributed by atoms with van der Waals surface area (Å²) < 4.78 is 2.30. The molecule has 1 rings (SSSR count). The molecule has 0 saturated carbocycles. The van der Waals surface area contributed by atoms with Crippen molar-refractivity contribution in [2.24, 2.45) is 0 Å². The average Bonchev–Trinajstić information content (AvgIpc) is 1.87. The molecule has 38 valence electrons. The van der Waals surface area contributed by atoms with Crippen LogP contribution in [0.4, 0.5) is 0 Å². The molecule has 7 heavy (non-hydrogen) atoms. The van der Waals surface area contributed by atoms with E-state index in [4.69, 9.17) is 12.2 Å². The Labute approximate surface area is 68.3 Å². The van der Waals surface area contributed by atoms with Gasteiger partial charge < -0.3 is 0 Å². The van der Waals surface area contributed by atoms with Crippen LogP contribution in [-0.4, -0.2) is 0 Å². The molecule has 4 heteroatoms. The quantitative estimate of drug-likeness (QED) is 0.510. The van der Waals surface area contributed by atoms with Crippen LogP contribution in [0.1, 0.15) is 0 Å². The van der Waals surface area contributed by atoms with Crippen molar-refractivity contribution in [2.45, 2.75) is 0 Å². The maximum Gasteiger partial charge on any atom is 0.144 e. The van der Waals surface area contributed by atoms with Gasteiger partial charge in [-0.3, -0.25) is 0 Å². The molecule has 0 atom stereocenters. The molecule has 0 fully saturated rings. The summed E-state index contributed by atoms with van der Waals surface area (Å²) in [5.74, 6) is 0. The van der Waals surface area contributed by atoms with Gasteiger partial charge in [0.05, 0.1) is 2.88 Å². The van der Waals surface area contributed by atoms with E-state index in [1.165, 1.54) is 2.88 Å². The summed E-state index contributed by atoms with van der Waals surface area (Å²) in [6.07, 6.45) is 0. The first-order valence-corrected chi connectivity index (χ1v) is 4.71. The molecule has 0 N–H and O–H groups in total. The van der Waals surface area contributed by atoms with Crippen LogP contribution >= 0.6 is 57.5 Å². The van der Waals surface area contributed by atoms with Gasteiger partial charge in [-0.25, -0.2) is 0 Å². The highest BCUT2D eigenvalue weighted by atomic mass is 127. The molecule has 0 aliphatic heterocycles. The van der Waals surface area contributed by atoms with Gasteiger partial charge in [0.15, 0.2) is 0 Å². The van der Waals surface area contributed by atoms with Gasteiger partial charge in [-0.15, -0.1) is 22.7 Å². The molecule has 0 amide bonds. The normalized spacial score (nSPS) is 9.29. The van der Waals surface area contributed by atoms with Crippen LogP contribution in [0.2, 0.25) is 0 Å². The third-order valence-electron chi connectivity index (χ3n) is 0.429. The summed E-state index contributed by atoms with van der Waals surface area (Å²) in [6, 6.07) is 0. The van der Waals surface area contributed by atoms with Gasteiger partial charge in [-0.2, -0.15) is 0 Å². The van der Waals surface area contributed by atoms with Gasteiger partial charge >= 0.3 is 0 Å². The Bertz CT molecular complexity index is 198. The van der Waals surface area contributed by atoms with E-state index < -0.39 is 0 Å². The summed E-state index contributed by atoms with van der Waals surface area (Å²) in [5.41, 5.74) is 0. The number of hydrogen-bond donors (Lipinski definition) is 0. The second kappa shape index (κ2) is 2.52. The first-order chi connectivity index (χ1) is 3.29. The largest absolute Gasteiger partial charge is 0.144 e. The van der Waals surface area contributed by atoms with E-state index in [2.05, 4.69) is 28.0 Å². The third-order valence-corrected chi connectivity index (χ3v) is 4.08. The fraction of sp³-hybridized carbons (Fsp3) is 0. The smallest absolute Gasteiger partial charge is 0.120 e. The fourth-order valence-electron chi connectivity index (χ4n) is 0.222. The third kappa shape index (κ3) is 1.75. The Morgan fingerprint density at radius 3 is 2.57 bits per heavy atom. The molecule has 0 saturated heterocycles. The summed E-state index contributed by atoms with van der Waals surface area (Å²) in [4.78, 5) is 0.